The summed E-state index contributed by atoms with van der Waals surface area (Å²) < 4.78 is 27.7. The molecule has 154 valence electrons. The summed E-state index contributed by atoms with van der Waals surface area (Å²) >= 11 is 0. The molecule has 0 spiro atoms. The third-order valence-electron chi connectivity index (χ3n) is 4.35. The lowest BCUT2D eigenvalue weighted by atomic mass is 10.2. The maximum absolute atomic E-state index is 13.3. The van der Waals surface area contributed by atoms with Crippen molar-refractivity contribution in [3.05, 3.63) is 89.7 Å². The molecular formula is C22H22N4O3S. The van der Waals surface area contributed by atoms with Crippen molar-refractivity contribution >= 4 is 27.8 Å². The Balaban J connectivity index is 1.87. The van der Waals surface area contributed by atoms with E-state index in [1.165, 1.54) is 18.3 Å². The molecule has 0 bridgehead atoms. The number of pyridine rings is 1. The van der Waals surface area contributed by atoms with Crippen molar-refractivity contribution in [1.82, 2.24) is 10.4 Å². The summed E-state index contributed by atoms with van der Waals surface area (Å²) in [5.41, 5.74) is 5.05. The quantitative estimate of drug-likeness (QED) is 0.468. The van der Waals surface area contributed by atoms with Gasteiger partial charge in [-0.3, -0.25) is 14.1 Å². The summed E-state index contributed by atoms with van der Waals surface area (Å²) in [4.78, 5) is 16.7. The Morgan fingerprint density at radius 2 is 1.73 bits per heavy atom. The highest BCUT2D eigenvalue weighted by atomic mass is 32.2. The van der Waals surface area contributed by atoms with Crippen LogP contribution < -0.4 is 9.73 Å². The van der Waals surface area contributed by atoms with Crippen LogP contribution in [0.4, 0.5) is 5.69 Å². The second-order valence-electron chi connectivity index (χ2n) is 6.66. The van der Waals surface area contributed by atoms with Gasteiger partial charge in [-0.25, -0.2) is 13.8 Å². The van der Waals surface area contributed by atoms with Crippen LogP contribution in [0.25, 0.3) is 0 Å². The van der Waals surface area contributed by atoms with Gasteiger partial charge in [0.15, 0.2) is 0 Å². The number of benzene rings is 2. The molecule has 3 rings (SSSR count). The van der Waals surface area contributed by atoms with Gasteiger partial charge in [-0.15, -0.1) is 0 Å². The van der Waals surface area contributed by atoms with Crippen LogP contribution in [0.1, 0.15) is 16.8 Å². The first-order chi connectivity index (χ1) is 14.4. The van der Waals surface area contributed by atoms with Crippen LogP contribution in [0.5, 0.6) is 0 Å². The molecule has 0 fully saturated rings. The van der Waals surface area contributed by atoms with E-state index in [9.17, 15) is 13.2 Å². The van der Waals surface area contributed by atoms with Crippen LogP contribution in [-0.2, 0) is 14.8 Å². The third kappa shape index (κ3) is 5.09. The van der Waals surface area contributed by atoms with E-state index in [0.717, 1.165) is 15.4 Å². The van der Waals surface area contributed by atoms with E-state index in [-0.39, 0.29) is 4.90 Å². The number of hydrogen-bond acceptors (Lipinski definition) is 5. The minimum Gasteiger partial charge on any atom is -0.271 e. The van der Waals surface area contributed by atoms with E-state index in [1.807, 2.05) is 13.0 Å². The van der Waals surface area contributed by atoms with E-state index in [1.54, 1.807) is 61.7 Å². The minimum absolute atomic E-state index is 0.112. The number of nitrogens with zero attached hydrogens (tertiary/aromatic N) is 3. The maximum atomic E-state index is 13.3. The zero-order valence-corrected chi connectivity index (χ0v) is 17.5. The standard InChI is InChI=1S/C22H22N4O3S/c1-17-10-12-20(13-11-17)30(28,29)26(21-9-4-3-7-18(21)2)16-22(27)25-24-15-19-8-5-6-14-23-19/h3-15H,16H2,1-2H3,(H,25,27)/b24-15-. The molecule has 3 aromatic rings. The Labute approximate surface area is 176 Å². The fourth-order valence-electron chi connectivity index (χ4n) is 2.77. The number of carbonyl (C=O) groups excluding carboxylic acids is 1. The largest absolute Gasteiger partial charge is 0.271 e. The average Bonchev–Trinajstić information content (AvgIpc) is 2.74. The van der Waals surface area contributed by atoms with Crippen LogP contribution in [-0.4, -0.2) is 32.1 Å². The van der Waals surface area contributed by atoms with Gasteiger partial charge < -0.3 is 0 Å². The zero-order chi connectivity index (χ0) is 21.6. The molecule has 1 heterocycles. The van der Waals surface area contributed by atoms with Crippen molar-refractivity contribution in [2.24, 2.45) is 5.10 Å². The first-order valence-electron chi connectivity index (χ1n) is 9.26. The highest BCUT2D eigenvalue weighted by Crippen LogP contribution is 2.26. The fraction of sp³-hybridized carbons (Fsp3) is 0.136. The first kappa shape index (κ1) is 21.2. The first-order valence-corrected chi connectivity index (χ1v) is 10.7. The second kappa shape index (κ2) is 9.32. The topological polar surface area (TPSA) is 91.7 Å². The van der Waals surface area contributed by atoms with Gasteiger partial charge in [-0.05, 0) is 49.7 Å². The lowest BCUT2D eigenvalue weighted by Crippen LogP contribution is -2.40. The molecule has 0 unspecified atom stereocenters. The van der Waals surface area contributed by atoms with Crippen LogP contribution in [0.3, 0.4) is 0 Å². The average molecular weight is 423 g/mol. The second-order valence-corrected chi connectivity index (χ2v) is 8.52. The van der Waals surface area contributed by atoms with Crippen LogP contribution in [0.2, 0.25) is 0 Å². The van der Waals surface area contributed by atoms with Crippen molar-refractivity contribution in [3.63, 3.8) is 0 Å². The number of aromatic nitrogens is 1. The molecule has 1 amide bonds. The summed E-state index contributed by atoms with van der Waals surface area (Å²) in [5.74, 6) is -0.568. The summed E-state index contributed by atoms with van der Waals surface area (Å²) in [6.45, 7) is 3.26. The summed E-state index contributed by atoms with van der Waals surface area (Å²) in [6, 6.07) is 18.8. The van der Waals surface area contributed by atoms with E-state index < -0.39 is 22.5 Å². The van der Waals surface area contributed by atoms with E-state index in [4.69, 9.17) is 0 Å². The van der Waals surface area contributed by atoms with Gasteiger partial charge in [0.2, 0.25) is 0 Å². The number of rotatable bonds is 7. The maximum Gasteiger partial charge on any atom is 0.264 e. The van der Waals surface area contributed by atoms with Gasteiger partial charge in [0.1, 0.15) is 6.54 Å². The molecule has 8 heteroatoms. The minimum atomic E-state index is -3.96. The molecule has 1 N–H and O–H groups in total. The predicted octanol–water partition coefficient (Wildman–Crippen LogP) is 3.04. The fourth-order valence-corrected chi connectivity index (χ4v) is 4.25. The van der Waals surface area contributed by atoms with Crippen molar-refractivity contribution in [2.45, 2.75) is 18.7 Å². The molecule has 0 saturated carbocycles. The predicted molar refractivity (Wildman–Crippen MR) is 117 cm³/mol. The molecule has 0 aliphatic heterocycles. The van der Waals surface area contributed by atoms with Gasteiger partial charge >= 0.3 is 0 Å². The lowest BCUT2D eigenvalue weighted by Gasteiger charge is -2.25. The normalized spacial score (nSPS) is 11.4. The molecule has 30 heavy (non-hydrogen) atoms. The molecule has 0 atom stereocenters. The van der Waals surface area contributed by atoms with Gasteiger partial charge in [0.05, 0.1) is 22.5 Å². The summed E-state index contributed by atoms with van der Waals surface area (Å²) in [7, 11) is -3.96. The Kier molecular flexibility index (Phi) is 6.58. The molecule has 0 radical (unpaired) electrons. The van der Waals surface area contributed by atoms with Gasteiger partial charge in [-0.2, -0.15) is 5.10 Å². The number of para-hydroxylation sites is 1. The number of hydrogen-bond donors (Lipinski definition) is 1. The molecule has 0 saturated heterocycles. The van der Waals surface area contributed by atoms with Crippen molar-refractivity contribution in [2.75, 3.05) is 10.8 Å². The molecule has 1 aromatic heterocycles. The smallest absolute Gasteiger partial charge is 0.264 e. The van der Waals surface area contributed by atoms with Gasteiger partial charge in [0, 0.05) is 6.20 Å². The molecular weight excluding hydrogens is 400 g/mol. The van der Waals surface area contributed by atoms with Crippen molar-refractivity contribution < 1.29 is 13.2 Å². The Bertz CT molecular complexity index is 1140. The number of carbonyl (C=O) groups is 1. The molecule has 0 aliphatic rings. The highest BCUT2D eigenvalue weighted by Gasteiger charge is 2.28. The highest BCUT2D eigenvalue weighted by molar-refractivity contribution is 7.92. The monoisotopic (exact) mass is 422 g/mol. The zero-order valence-electron chi connectivity index (χ0n) is 16.7. The van der Waals surface area contributed by atoms with Crippen LogP contribution in [0.15, 0.2) is 82.9 Å². The Morgan fingerprint density at radius 3 is 2.40 bits per heavy atom. The van der Waals surface area contributed by atoms with Gasteiger partial charge in [-0.1, -0.05) is 42.0 Å². The number of sulfonamides is 1. The van der Waals surface area contributed by atoms with E-state index in [0.29, 0.717) is 11.4 Å². The van der Waals surface area contributed by atoms with Crippen molar-refractivity contribution in [3.8, 4) is 0 Å². The Hall–Kier alpha value is -3.52. The number of amides is 1. The number of hydrazone groups is 1. The van der Waals surface area contributed by atoms with E-state index >= 15 is 0 Å². The summed E-state index contributed by atoms with van der Waals surface area (Å²) in [5, 5.41) is 3.87. The SMILES string of the molecule is Cc1ccc(S(=O)(=O)N(CC(=O)N/N=C\c2ccccn2)c2ccccc2C)cc1. The molecule has 2 aromatic carbocycles. The number of anilines is 1. The number of nitrogens with one attached hydrogen (secondary N) is 1. The lowest BCUT2D eigenvalue weighted by molar-refractivity contribution is -0.119. The van der Waals surface area contributed by atoms with Gasteiger partial charge in [0.25, 0.3) is 15.9 Å². The van der Waals surface area contributed by atoms with Crippen molar-refractivity contribution in [1.29, 1.82) is 0 Å². The number of aryl methyl sites for hydroxylation is 2. The summed E-state index contributed by atoms with van der Waals surface area (Å²) in [6.07, 6.45) is 3.00. The molecule has 7 nitrogen and oxygen atoms in total. The molecule has 0 aliphatic carbocycles. The van der Waals surface area contributed by atoms with Crippen LogP contribution >= 0.6 is 0 Å². The van der Waals surface area contributed by atoms with E-state index in [2.05, 4.69) is 15.5 Å². The van der Waals surface area contributed by atoms with Crippen LogP contribution in [0, 0.1) is 13.8 Å². The Morgan fingerprint density at radius 1 is 1.03 bits per heavy atom. The third-order valence-corrected chi connectivity index (χ3v) is 6.13.